The Morgan fingerprint density at radius 3 is 2.90 bits per heavy atom. The van der Waals surface area contributed by atoms with E-state index in [1.165, 1.54) is 5.56 Å². The number of aliphatic imine (C=N–C) groups is 1. The monoisotopic (exact) mass is 273 g/mol. The summed E-state index contributed by atoms with van der Waals surface area (Å²) in [5.41, 5.74) is 7.34. The largest absolute Gasteiger partial charge is 0.377 e. The van der Waals surface area contributed by atoms with Gasteiger partial charge in [-0.05, 0) is 12.0 Å². The van der Waals surface area contributed by atoms with Gasteiger partial charge in [0.25, 0.3) is 0 Å². The highest BCUT2D eigenvalue weighted by atomic mass is 16.5. The van der Waals surface area contributed by atoms with Gasteiger partial charge < -0.3 is 15.8 Å². The first-order valence-corrected chi connectivity index (χ1v) is 7.31. The number of hydrogen-bond donors (Lipinski definition) is 2. The second-order valence-corrected chi connectivity index (χ2v) is 6.37. The van der Waals surface area contributed by atoms with Crippen LogP contribution < -0.4 is 11.1 Å². The minimum Gasteiger partial charge on any atom is -0.377 e. The van der Waals surface area contributed by atoms with Gasteiger partial charge in [0.2, 0.25) is 0 Å². The first kappa shape index (κ1) is 13.4. The van der Waals surface area contributed by atoms with E-state index in [4.69, 9.17) is 10.5 Å². The number of guanidine groups is 1. The quantitative estimate of drug-likeness (QED) is 0.653. The Hall–Kier alpha value is -1.55. The standard InChI is InChI=1S/C16H23N3O/c1-16(2)13(12-8-9-20-14(12)16)19-15(17)18-10-11-6-4-3-5-7-11/h3-7,12-14H,8-10H2,1-2H3,(H3,17,18,19)/t12-,13-,14+/m1/s1. The molecule has 1 aromatic carbocycles. The van der Waals surface area contributed by atoms with Gasteiger partial charge in [0.1, 0.15) is 0 Å². The Morgan fingerprint density at radius 2 is 2.15 bits per heavy atom. The van der Waals surface area contributed by atoms with E-state index in [1.54, 1.807) is 0 Å². The second-order valence-electron chi connectivity index (χ2n) is 6.37. The van der Waals surface area contributed by atoms with Crippen molar-refractivity contribution in [3.63, 3.8) is 0 Å². The molecule has 1 saturated heterocycles. The number of nitrogens with two attached hydrogens (primary N) is 1. The lowest BCUT2D eigenvalue weighted by Crippen LogP contribution is -2.67. The van der Waals surface area contributed by atoms with Crippen LogP contribution in [0.5, 0.6) is 0 Å². The van der Waals surface area contributed by atoms with Crippen molar-refractivity contribution >= 4 is 5.96 Å². The lowest BCUT2D eigenvalue weighted by atomic mass is 9.57. The van der Waals surface area contributed by atoms with Gasteiger partial charge in [0, 0.05) is 24.0 Å². The molecule has 2 fully saturated rings. The van der Waals surface area contributed by atoms with Gasteiger partial charge in [-0.2, -0.15) is 0 Å². The van der Waals surface area contributed by atoms with E-state index in [9.17, 15) is 0 Å². The molecular formula is C16H23N3O. The molecule has 1 heterocycles. The van der Waals surface area contributed by atoms with E-state index in [1.807, 2.05) is 18.2 Å². The van der Waals surface area contributed by atoms with Crippen molar-refractivity contribution < 1.29 is 4.74 Å². The van der Waals surface area contributed by atoms with Gasteiger partial charge in [0.05, 0.1) is 12.6 Å². The second kappa shape index (κ2) is 5.09. The Morgan fingerprint density at radius 1 is 1.40 bits per heavy atom. The molecule has 4 heteroatoms. The van der Waals surface area contributed by atoms with Crippen LogP contribution in [-0.2, 0) is 11.3 Å². The lowest BCUT2D eigenvalue weighted by Gasteiger charge is -2.54. The SMILES string of the molecule is CC1(C)[C@H](NC(N)=NCc2ccccc2)[C@H]2CCO[C@@H]21. The summed E-state index contributed by atoms with van der Waals surface area (Å²) >= 11 is 0. The van der Waals surface area contributed by atoms with Crippen LogP contribution in [0.2, 0.25) is 0 Å². The number of nitrogens with one attached hydrogen (secondary N) is 1. The summed E-state index contributed by atoms with van der Waals surface area (Å²) < 4.78 is 5.79. The highest BCUT2D eigenvalue weighted by Crippen LogP contribution is 2.51. The van der Waals surface area contributed by atoms with Crippen molar-refractivity contribution in [3.8, 4) is 0 Å². The van der Waals surface area contributed by atoms with Crippen LogP contribution in [0, 0.1) is 11.3 Å². The zero-order valence-electron chi connectivity index (χ0n) is 12.2. The Kier molecular flexibility index (Phi) is 3.42. The molecule has 3 atom stereocenters. The minimum absolute atomic E-state index is 0.133. The zero-order valence-corrected chi connectivity index (χ0v) is 12.2. The number of benzene rings is 1. The van der Waals surface area contributed by atoms with Gasteiger partial charge in [0.15, 0.2) is 5.96 Å². The fourth-order valence-electron chi connectivity index (χ4n) is 3.58. The van der Waals surface area contributed by atoms with E-state index in [0.717, 1.165) is 13.0 Å². The highest BCUT2D eigenvalue weighted by Gasteiger charge is 2.59. The molecule has 0 amide bonds. The van der Waals surface area contributed by atoms with Crippen LogP contribution in [0.25, 0.3) is 0 Å². The van der Waals surface area contributed by atoms with Crippen molar-refractivity contribution in [1.82, 2.24) is 5.32 Å². The summed E-state index contributed by atoms with van der Waals surface area (Å²) in [6.07, 6.45) is 1.50. The molecule has 108 valence electrons. The summed E-state index contributed by atoms with van der Waals surface area (Å²) in [6.45, 7) is 5.97. The number of ether oxygens (including phenoxy) is 1. The maximum absolute atomic E-state index is 6.03. The first-order valence-electron chi connectivity index (χ1n) is 7.31. The maximum Gasteiger partial charge on any atom is 0.189 e. The average molecular weight is 273 g/mol. The molecule has 20 heavy (non-hydrogen) atoms. The number of fused-ring (bicyclic) bond motifs is 1. The summed E-state index contributed by atoms with van der Waals surface area (Å²) in [6, 6.07) is 10.5. The fraction of sp³-hybridized carbons (Fsp3) is 0.562. The van der Waals surface area contributed by atoms with Crippen LogP contribution in [-0.4, -0.2) is 24.7 Å². The highest BCUT2D eigenvalue weighted by molar-refractivity contribution is 5.78. The summed E-state index contributed by atoms with van der Waals surface area (Å²) in [5.74, 6) is 1.12. The van der Waals surface area contributed by atoms with Gasteiger partial charge in [-0.15, -0.1) is 0 Å². The molecule has 1 aliphatic heterocycles. The first-order chi connectivity index (χ1) is 9.59. The molecular weight excluding hydrogens is 250 g/mol. The van der Waals surface area contributed by atoms with Crippen molar-refractivity contribution in [2.45, 2.75) is 39.0 Å². The molecule has 3 N–H and O–H groups in total. The fourth-order valence-corrected chi connectivity index (χ4v) is 3.58. The van der Waals surface area contributed by atoms with E-state index in [0.29, 0.717) is 30.6 Å². The molecule has 1 aromatic rings. The Bertz CT molecular complexity index is 498. The lowest BCUT2D eigenvalue weighted by molar-refractivity contribution is -0.106. The normalized spacial score (nSPS) is 31.5. The Labute approximate surface area is 120 Å². The molecule has 4 nitrogen and oxygen atoms in total. The number of nitrogens with zero attached hydrogens (tertiary/aromatic N) is 1. The van der Waals surface area contributed by atoms with Crippen molar-refractivity contribution in [1.29, 1.82) is 0 Å². The third-order valence-electron chi connectivity index (χ3n) is 4.68. The van der Waals surface area contributed by atoms with Crippen molar-refractivity contribution in [2.75, 3.05) is 6.61 Å². The predicted octanol–water partition coefficient (Wildman–Crippen LogP) is 1.90. The minimum atomic E-state index is 0.133. The van der Waals surface area contributed by atoms with Gasteiger partial charge >= 0.3 is 0 Å². The van der Waals surface area contributed by atoms with E-state index in [2.05, 4.69) is 36.3 Å². The smallest absolute Gasteiger partial charge is 0.189 e. The molecule has 0 unspecified atom stereocenters. The summed E-state index contributed by atoms with van der Waals surface area (Å²) in [7, 11) is 0. The molecule has 0 spiro atoms. The van der Waals surface area contributed by atoms with Crippen LogP contribution in [0.4, 0.5) is 0 Å². The molecule has 0 aromatic heterocycles. The molecule has 1 saturated carbocycles. The molecule has 3 rings (SSSR count). The topological polar surface area (TPSA) is 59.6 Å². The van der Waals surface area contributed by atoms with Crippen molar-refractivity contribution in [2.24, 2.45) is 22.1 Å². The van der Waals surface area contributed by atoms with Crippen LogP contribution >= 0.6 is 0 Å². The van der Waals surface area contributed by atoms with Crippen LogP contribution in [0.3, 0.4) is 0 Å². The van der Waals surface area contributed by atoms with Crippen LogP contribution in [0.1, 0.15) is 25.8 Å². The Balaban J connectivity index is 1.60. The molecule has 0 radical (unpaired) electrons. The molecule has 1 aliphatic carbocycles. The zero-order chi connectivity index (χ0) is 14.2. The van der Waals surface area contributed by atoms with Gasteiger partial charge in [-0.1, -0.05) is 44.2 Å². The van der Waals surface area contributed by atoms with Gasteiger partial charge in [-0.25, -0.2) is 4.99 Å². The maximum atomic E-state index is 6.03. The molecule has 2 aliphatic rings. The van der Waals surface area contributed by atoms with E-state index >= 15 is 0 Å². The number of rotatable bonds is 3. The third kappa shape index (κ3) is 2.29. The summed E-state index contributed by atoms with van der Waals surface area (Å²) in [4.78, 5) is 4.44. The average Bonchev–Trinajstić information content (AvgIpc) is 2.91. The summed E-state index contributed by atoms with van der Waals surface area (Å²) in [5, 5.41) is 3.40. The van der Waals surface area contributed by atoms with E-state index in [-0.39, 0.29) is 5.41 Å². The number of hydrogen-bond acceptors (Lipinski definition) is 2. The van der Waals surface area contributed by atoms with Gasteiger partial charge in [-0.3, -0.25) is 0 Å². The van der Waals surface area contributed by atoms with Crippen LogP contribution in [0.15, 0.2) is 35.3 Å². The molecule has 0 bridgehead atoms. The third-order valence-corrected chi connectivity index (χ3v) is 4.68. The van der Waals surface area contributed by atoms with E-state index < -0.39 is 0 Å². The predicted molar refractivity (Wildman–Crippen MR) is 80.3 cm³/mol. The van der Waals surface area contributed by atoms with Crippen molar-refractivity contribution in [3.05, 3.63) is 35.9 Å².